The minimum Gasteiger partial charge on any atom is -0.394 e. The third-order valence-electron chi connectivity index (χ3n) is 2.78. The van der Waals surface area contributed by atoms with Crippen molar-refractivity contribution in [2.75, 3.05) is 18.5 Å². The smallest absolute Gasteiger partial charge is 0.267 e. The molecule has 0 unspecified atom stereocenters. The summed E-state index contributed by atoms with van der Waals surface area (Å²) >= 11 is 0. The Labute approximate surface area is 115 Å². The molecule has 8 nitrogen and oxygen atoms in total. The Morgan fingerprint density at radius 1 is 1.20 bits per heavy atom. The van der Waals surface area contributed by atoms with Crippen LogP contribution in [-0.2, 0) is 0 Å². The number of nitrogen functional groups attached to an aromatic ring is 1. The van der Waals surface area contributed by atoms with E-state index in [1.54, 1.807) is 18.2 Å². The van der Waals surface area contributed by atoms with Gasteiger partial charge in [0.1, 0.15) is 12.2 Å². The third-order valence-corrected chi connectivity index (χ3v) is 2.78. The maximum absolute atomic E-state index is 11.5. The number of anilines is 1. The number of hydrogen-bond acceptors (Lipinski definition) is 7. The van der Waals surface area contributed by atoms with E-state index in [1.807, 2.05) is 5.43 Å². The molecule has 0 bridgehead atoms. The minimum absolute atomic E-state index is 0.118. The van der Waals surface area contributed by atoms with Gasteiger partial charge in [0.05, 0.1) is 18.3 Å². The van der Waals surface area contributed by atoms with Crippen LogP contribution in [0.1, 0.15) is 10.4 Å². The number of nitrogens with two attached hydrogens (primary N) is 1. The van der Waals surface area contributed by atoms with Gasteiger partial charge < -0.3 is 25.7 Å². The number of aliphatic hydroxyl groups is 4. The first-order chi connectivity index (χ1) is 9.51. The van der Waals surface area contributed by atoms with Crippen molar-refractivity contribution in [2.24, 2.45) is 5.84 Å². The summed E-state index contributed by atoms with van der Waals surface area (Å²) in [7, 11) is 0. The molecule has 0 aliphatic rings. The van der Waals surface area contributed by atoms with Gasteiger partial charge in [-0.25, -0.2) is 5.84 Å². The number of carbonyl (C=O) groups is 1. The van der Waals surface area contributed by atoms with Crippen LogP contribution in [0.5, 0.6) is 0 Å². The summed E-state index contributed by atoms with van der Waals surface area (Å²) in [6.07, 6.45) is -4.25. The maximum Gasteiger partial charge on any atom is 0.267 e. The first-order valence-corrected chi connectivity index (χ1v) is 6.00. The quantitative estimate of drug-likeness (QED) is 0.170. The standard InChI is InChI=1S/C12H19N3O5/c13-15-12(20)7-3-1-2-4-8(7)14-5-9(17)11(19)10(18)6-16/h1-4,9-11,14,16-19H,5-6,13H2,(H,15,20)/t9-,10+,11-/m0/s1. The SMILES string of the molecule is NNC(=O)c1ccccc1NC[C@H](O)[C@H](O)[C@H](O)CO. The van der Waals surface area contributed by atoms with Crippen LogP contribution in [0.3, 0.4) is 0 Å². The van der Waals surface area contributed by atoms with Crippen molar-refractivity contribution < 1.29 is 25.2 Å². The van der Waals surface area contributed by atoms with Crippen molar-refractivity contribution in [1.82, 2.24) is 5.43 Å². The summed E-state index contributed by atoms with van der Waals surface area (Å²) in [5, 5.41) is 39.8. The highest BCUT2D eigenvalue weighted by molar-refractivity contribution is 5.99. The number of hydrazine groups is 1. The fourth-order valence-electron chi connectivity index (χ4n) is 1.61. The number of nitrogens with one attached hydrogen (secondary N) is 2. The number of benzene rings is 1. The van der Waals surface area contributed by atoms with Crippen LogP contribution in [0.15, 0.2) is 24.3 Å². The Morgan fingerprint density at radius 2 is 1.85 bits per heavy atom. The van der Waals surface area contributed by atoms with Crippen molar-refractivity contribution in [2.45, 2.75) is 18.3 Å². The molecule has 20 heavy (non-hydrogen) atoms. The largest absolute Gasteiger partial charge is 0.394 e. The minimum atomic E-state index is -1.50. The Balaban J connectivity index is 2.68. The molecule has 0 aliphatic heterocycles. The molecule has 1 aromatic carbocycles. The van der Waals surface area contributed by atoms with Crippen molar-refractivity contribution in [3.63, 3.8) is 0 Å². The van der Waals surface area contributed by atoms with Gasteiger partial charge in [-0.15, -0.1) is 0 Å². The van der Waals surface area contributed by atoms with Crippen molar-refractivity contribution in [3.05, 3.63) is 29.8 Å². The predicted molar refractivity (Wildman–Crippen MR) is 71.7 cm³/mol. The number of para-hydroxylation sites is 1. The van der Waals surface area contributed by atoms with Crippen LogP contribution in [0, 0.1) is 0 Å². The molecule has 0 fully saturated rings. The van der Waals surface area contributed by atoms with E-state index in [0.29, 0.717) is 5.69 Å². The molecular weight excluding hydrogens is 266 g/mol. The molecule has 0 radical (unpaired) electrons. The van der Waals surface area contributed by atoms with E-state index in [2.05, 4.69) is 5.32 Å². The van der Waals surface area contributed by atoms with E-state index in [-0.39, 0.29) is 12.1 Å². The Kier molecular flexibility index (Phi) is 6.36. The highest BCUT2D eigenvalue weighted by Gasteiger charge is 2.24. The van der Waals surface area contributed by atoms with E-state index in [9.17, 15) is 20.1 Å². The molecule has 0 aliphatic carbocycles. The van der Waals surface area contributed by atoms with E-state index >= 15 is 0 Å². The molecule has 112 valence electrons. The van der Waals surface area contributed by atoms with Crippen molar-refractivity contribution in [1.29, 1.82) is 0 Å². The van der Waals surface area contributed by atoms with Crippen molar-refractivity contribution >= 4 is 11.6 Å². The van der Waals surface area contributed by atoms with E-state index < -0.39 is 30.8 Å². The van der Waals surface area contributed by atoms with Crippen LogP contribution in [0.4, 0.5) is 5.69 Å². The molecule has 3 atom stereocenters. The summed E-state index contributed by atoms with van der Waals surface area (Å²) in [5.41, 5.74) is 2.69. The predicted octanol–water partition coefficient (Wildman–Crippen LogP) is -2.22. The van der Waals surface area contributed by atoms with Gasteiger partial charge >= 0.3 is 0 Å². The molecule has 0 spiro atoms. The van der Waals surface area contributed by atoms with Crippen LogP contribution >= 0.6 is 0 Å². The number of hydrogen-bond donors (Lipinski definition) is 7. The number of rotatable bonds is 7. The molecule has 0 aromatic heterocycles. The summed E-state index contributed by atoms with van der Waals surface area (Å²) in [6, 6.07) is 6.47. The second kappa shape index (κ2) is 7.78. The van der Waals surface area contributed by atoms with Crippen LogP contribution in [0.2, 0.25) is 0 Å². The van der Waals surface area contributed by atoms with Crippen molar-refractivity contribution in [3.8, 4) is 0 Å². The Hall–Kier alpha value is -1.71. The Morgan fingerprint density at radius 3 is 2.45 bits per heavy atom. The average Bonchev–Trinajstić information content (AvgIpc) is 2.50. The van der Waals surface area contributed by atoms with Gasteiger partial charge in [-0.3, -0.25) is 10.2 Å². The topological polar surface area (TPSA) is 148 Å². The average molecular weight is 285 g/mol. The summed E-state index contributed by atoms with van der Waals surface area (Å²) in [4.78, 5) is 11.5. The normalized spacial score (nSPS) is 15.2. The van der Waals surface area contributed by atoms with Gasteiger partial charge in [0.2, 0.25) is 0 Å². The van der Waals surface area contributed by atoms with E-state index in [4.69, 9.17) is 10.9 Å². The monoisotopic (exact) mass is 285 g/mol. The van der Waals surface area contributed by atoms with Gasteiger partial charge in [-0.05, 0) is 12.1 Å². The fraction of sp³-hybridized carbons (Fsp3) is 0.417. The lowest BCUT2D eigenvalue weighted by Crippen LogP contribution is -2.43. The Bertz CT molecular complexity index is 443. The maximum atomic E-state index is 11.5. The van der Waals surface area contributed by atoms with Crippen LogP contribution < -0.4 is 16.6 Å². The first-order valence-electron chi connectivity index (χ1n) is 6.00. The molecule has 0 heterocycles. The first kappa shape index (κ1) is 16.3. The summed E-state index contributed by atoms with van der Waals surface area (Å²) in [5.74, 6) is 4.56. The zero-order chi connectivity index (χ0) is 15.1. The van der Waals surface area contributed by atoms with E-state index in [1.165, 1.54) is 6.07 Å². The highest BCUT2D eigenvalue weighted by atomic mass is 16.4. The molecule has 8 heteroatoms. The lowest BCUT2D eigenvalue weighted by molar-refractivity contribution is -0.0715. The summed E-state index contributed by atoms with van der Waals surface area (Å²) in [6.45, 7) is -0.780. The summed E-state index contributed by atoms with van der Waals surface area (Å²) < 4.78 is 0. The van der Waals surface area contributed by atoms with Gasteiger partial charge in [0.15, 0.2) is 0 Å². The zero-order valence-electron chi connectivity index (χ0n) is 10.7. The second-order valence-electron chi connectivity index (χ2n) is 4.21. The third kappa shape index (κ3) is 4.15. The molecule has 1 rings (SSSR count). The van der Waals surface area contributed by atoms with Gasteiger partial charge in [0, 0.05) is 12.2 Å². The van der Waals surface area contributed by atoms with Gasteiger partial charge in [-0.2, -0.15) is 0 Å². The van der Waals surface area contributed by atoms with Gasteiger partial charge in [0.25, 0.3) is 5.91 Å². The van der Waals surface area contributed by atoms with Crippen LogP contribution in [0.25, 0.3) is 0 Å². The lowest BCUT2D eigenvalue weighted by Gasteiger charge is -2.22. The molecule has 0 saturated heterocycles. The van der Waals surface area contributed by atoms with Crippen LogP contribution in [-0.4, -0.2) is 57.8 Å². The van der Waals surface area contributed by atoms with Gasteiger partial charge in [-0.1, -0.05) is 12.1 Å². The van der Waals surface area contributed by atoms with E-state index in [0.717, 1.165) is 0 Å². The lowest BCUT2D eigenvalue weighted by atomic mass is 10.1. The fourth-order valence-corrected chi connectivity index (χ4v) is 1.61. The zero-order valence-corrected chi connectivity index (χ0v) is 10.7. The molecule has 0 saturated carbocycles. The second-order valence-corrected chi connectivity index (χ2v) is 4.21. The number of amides is 1. The molecule has 1 aromatic rings. The molecule has 1 amide bonds. The molecular formula is C12H19N3O5. The molecule has 8 N–H and O–H groups in total. The number of carbonyl (C=O) groups excluding carboxylic acids is 1. The number of aliphatic hydroxyl groups excluding tert-OH is 4. The highest BCUT2D eigenvalue weighted by Crippen LogP contribution is 2.15.